The van der Waals surface area contributed by atoms with Gasteiger partial charge >= 0.3 is 0 Å². The van der Waals surface area contributed by atoms with Crippen LogP contribution in [0.25, 0.3) is 22.1 Å². The summed E-state index contributed by atoms with van der Waals surface area (Å²) in [6.45, 7) is 2.95. The molecule has 2 aliphatic rings. The molecule has 1 aliphatic heterocycles. The van der Waals surface area contributed by atoms with E-state index >= 15 is 0 Å². The van der Waals surface area contributed by atoms with Gasteiger partial charge in [0.25, 0.3) is 11.8 Å². The van der Waals surface area contributed by atoms with E-state index in [1.807, 2.05) is 48.2 Å². The van der Waals surface area contributed by atoms with Crippen LogP contribution in [0, 0.1) is 24.6 Å². The number of benzene rings is 3. The van der Waals surface area contributed by atoms with Crippen molar-refractivity contribution in [1.82, 2.24) is 15.4 Å². The minimum absolute atomic E-state index is 0.0948. The second-order valence-corrected chi connectivity index (χ2v) is 9.48. The fourth-order valence-corrected chi connectivity index (χ4v) is 5.29. The first kappa shape index (κ1) is 21.5. The number of amides is 2. The number of carbonyl (C=O) groups excluding carboxylic acids is 2. The van der Waals surface area contributed by atoms with E-state index in [1.165, 1.54) is 12.1 Å². The van der Waals surface area contributed by atoms with Gasteiger partial charge in [-0.2, -0.15) is 0 Å². The quantitative estimate of drug-likeness (QED) is 0.454. The first-order valence-electron chi connectivity index (χ1n) is 11.8. The number of hydrogen-bond acceptors (Lipinski definition) is 4. The van der Waals surface area contributed by atoms with E-state index in [0.717, 1.165) is 12.0 Å². The topological polar surface area (TPSA) is 75.4 Å². The summed E-state index contributed by atoms with van der Waals surface area (Å²) in [6.07, 6.45) is 1.06. The number of rotatable bonds is 5. The van der Waals surface area contributed by atoms with Crippen LogP contribution >= 0.6 is 0 Å². The van der Waals surface area contributed by atoms with Crippen LogP contribution in [0.2, 0.25) is 0 Å². The highest BCUT2D eigenvalue weighted by atomic mass is 19.1. The Labute approximate surface area is 201 Å². The van der Waals surface area contributed by atoms with Gasteiger partial charge in [0.2, 0.25) is 0 Å². The van der Waals surface area contributed by atoms with Gasteiger partial charge in [-0.25, -0.2) is 4.39 Å². The highest BCUT2D eigenvalue weighted by Crippen LogP contribution is 2.50. The first-order chi connectivity index (χ1) is 17.0. The maximum atomic E-state index is 13.9. The molecule has 6 rings (SSSR count). The Kier molecular flexibility index (Phi) is 5.13. The summed E-state index contributed by atoms with van der Waals surface area (Å²) in [5.41, 5.74) is 3.73. The largest absolute Gasteiger partial charge is 0.355 e. The second kappa shape index (κ2) is 8.34. The normalized spacial score (nSPS) is 20.6. The zero-order valence-corrected chi connectivity index (χ0v) is 19.2. The average Bonchev–Trinajstić information content (AvgIpc) is 3.34. The summed E-state index contributed by atoms with van der Waals surface area (Å²) < 4.78 is 19.2. The van der Waals surface area contributed by atoms with Crippen molar-refractivity contribution in [2.75, 3.05) is 13.1 Å². The van der Waals surface area contributed by atoms with E-state index in [1.54, 1.807) is 18.2 Å². The lowest BCUT2D eigenvalue weighted by molar-refractivity contribution is 0.0695. The number of para-hydroxylation sites is 1. The zero-order valence-electron chi connectivity index (χ0n) is 19.2. The van der Waals surface area contributed by atoms with E-state index in [4.69, 9.17) is 4.52 Å². The number of nitrogens with zero attached hydrogens (tertiary/aromatic N) is 2. The molecule has 3 atom stereocenters. The van der Waals surface area contributed by atoms with E-state index in [0.29, 0.717) is 52.6 Å². The zero-order chi connectivity index (χ0) is 24.1. The molecule has 4 aromatic rings. The number of nitrogens with one attached hydrogen (secondary N) is 1. The molecule has 2 amide bonds. The van der Waals surface area contributed by atoms with Gasteiger partial charge in [-0.3, -0.25) is 9.59 Å². The van der Waals surface area contributed by atoms with Crippen LogP contribution in [-0.4, -0.2) is 41.0 Å². The van der Waals surface area contributed by atoms with Crippen LogP contribution < -0.4 is 5.32 Å². The third-order valence-corrected chi connectivity index (χ3v) is 7.17. The second-order valence-electron chi connectivity index (χ2n) is 9.48. The van der Waals surface area contributed by atoms with E-state index < -0.39 is 0 Å². The fraction of sp³-hybridized carbons (Fsp3) is 0.250. The smallest absolute Gasteiger partial charge is 0.274 e. The molecule has 0 bridgehead atoms. The Morgan fingerprint density at radius 3 is 2.83 bits per heavy atom. The molecule has 2 heterocycles. The molecule has 3 aromatic carbocycles. The van der Waals surface area contributed by atoms with Crippen LogP contribution in [0.15, 0.2) is 71.3 Å². The van der Waals surface area contributed by atoms with E-state index in [9.17, 15) is 14.0 Å². The number of aryl methyl sites for hydroxylation is 1. The van der Waals surface area contributed by atoms with Crippen LogP contribution in [0.3, 0.4) is 0 Å². The van der Waals surface area contributed by atoms with E-state index in [2.05, 4.69) is 10.5 Å². The fourth-order valence-electron chi connectivity index (χ4n) is 5.29. The number of aromatic nitrogens is 1. The Morgan fingerprint density at radius 1 is 1.11 bits per heavy atom. The summed E-state index contributed by atoms with van der Waals surface area (Å²) in [4.78, 5) is 28.5. The highest BCUT2D eigenvalue weighted by Gasteiger charge is 2.54. The van der Waals surface area contributed by atoms with Crippen molar-refractivity contribution in [2.24, 2.45) is 11.8 Å². The molecule has 0 unspecified atom stereocenters. The maximum Gasteiger partial charge on any atom is 0.274 e. The molecule has 1 aliphatic carbocycles. The third-order valence-electron chi connectivity index (χ3n) is 7.17. The van der Waals surface area contributed by atoms with Gasteiger partial charge in [0.15, 0.2) is 11.3 Å². The summed E-state index contributed by atoms with van der Waals surface area (Å²) in [5, 5.41) is 7.56. The SMILES string of the molecule is Cc1ccc(C(=O)N2C[C@H]3C[C@H]3[C@H]2CNC(=O)c2noc3ccccc23)c(-c2cccc(F)c2)c1. The van der Waals surface area contributed by atoms with Crippen molar-refractivity contribution < 1.29 is 18.5 Å². The highest BCUT2D eigenvalue weighted by molar-refractivity contribution is 6.04. The van der Waals surface area contributed by atoms with Gasteiger partial charge in [0.1, 0.15) is 5.82 Å². The number of carbonyl (C=O) groups is 2. The lowest BCUT2D eigenvalue weighted by atomic mass is 9.96. The number of halogens is 1. The molecular formula is C28H24FN3O3. The maximum absolute atomic E-state index is 13.9. The Balaban J connectivity index is 1.24. The molecule has 7 heteroatoms. The molecule has 0 radical (unpaired) electrons. The number of likely N-dealkylation sites (tertiary alicyclic amines) is 1. The van der Waals surface area contributed by atoms with Crippen molar-refractivity contribution in [3.63, 3.8) is 0 Å². The molecule has 2 fully saturated rings. The van der Waals surface area contributed by atoms with Gasteiger partial charge in [-0.15, -0.1) is 0 Å². The molecule has 1 aromatic heterocycles. The van der Waals surface area contributed by atoms with Crippen molar-refractivity contribution in [1.29, 1.82) is 0 Å². The lowest BCUT2D eigenvalue weighted by Crippen LogP contribution is -2.45. The molecular weight excluding hydrogens is 445 g/mol. The predicted molar refractivity (Wildman–Crippen MR) is 129 cm³/mol. The summed E-state index contributed by atoms with van der Waals surface area (Å²) >= 11 is 0. The third kappa shape index (κ3) is 3.87. The Hall–Kier alpha value is -4.00. The van der Waals surface area contributed by atoms with Crippen molar-refractivity contribution >= 4 is 22.8 Å². The van der Waals surface area contributed by atoms with Crippen molar-refractivity contribution in [3.05, 3.63) is 89.4 Å². The Bertz CT molecular complexity index is 1460. The predicted octanol–water partition coefficient (Wildman–Crippen LogP) is 4.83. The average molecular weight is 470 g/mol. The minimum Gasteiger partial charge on any atom is -0.355 e. The number of fused-ring (bicyclic) bond motifs is 2. The molecule has 1 saturated heterocycles. The number of hydrogen-bond donors (Lipinski definition) is 1. The molecule has 35 heavy (non-hydrogen) atoms. The molecule has 1 N–H and O–H groups in total. The van der Waals surface area contributed by atoms with Crippen molar-refractivity contribution in [3.8, 4) is 11.1 Å². The van der Waals surface area contributed by atoms with Crippen molar-refractivity contribution in [2.45, 2.75) is 19.4 Å². The summed E-state index contributed by atoms with van der Waals surface area (Å²) in [7, 11) is 0. The van der Waals surface area contributed by atoms with Crippen LogP contribution in [0.5, 0.6) is 0 Å². The van der Waals surface area contributed by atoms with Gasteiger partial charge in [-0.1, -0.05) is 47.1 Å². The van der Waals surface area contributed by atoms with Gasteiger partial charge in [-0.05, 0) is 66.6 Å². The molecule has 0 spiro atoms. The molecule has 1 saturated carbocycles. The van der Waals surface area contributed by atoms with Crippen LogP contribution in [0.1, 0.15) is 32.8 Å². The number of piperidine rings is 1. The summed E-state index contributed by atoms with van der Waals surface area (Å²) in [5.74, 6) is 0.0730. The van der Waals surface area contributed by atoms with Gasteiger partial charge in [0, 0.05) is 18.7 Å². The Morgan fingerprint density at radius 2 is 1.97 bits per heavy atom. The van der Waals surface area contributed by atoms with Gasteiger partial charge in [0.05, 0.1) is 11.4 Å². The van der Waals surface area contributed by atoms with Crippen LogP contribution in [0.4, 0.5) is 4.39 Å². The standard InChI is InChI=1S/C28H24FN3O3/c1-16-9-10-20(22(11-16)17-5-4-6-19(29)12-17)28(34)32-15-18-13-23(18)24(32)14-30-27(33)26-21-7-2-3-8-25(21)35-31-26/h2-12,18,23-24H,13-15H2,1H3,(H,30,33)/t18-,23-,24-/m1/s1. The monoisotopic (exact) mass is 469 g/mol. The minimum atomic E-state index is -0.342. The van der Waals surface area contributed by atoms with Gasteiger partial charge < -0.3 is 14.7 Å². The molecule has 6 nitrogen and oxygen atoms in total. The van der Waals surface area contributed by atoms with Crippen LogP contribution in [-0.2, 0) is 0 Å². The lowest BCUT2D eigenvalue weighted by Gasteiger charge is -2.28. The summed E-state index contributed by atoms with van der Waals surface area (Å²) in [6, 6.07) is 19.1. The first-order valence-corrected chi connectivity index (χ1v) is 11.8. The molecule has 176 valence electrons. The van der Waals surface area contributed by atoms with E-state index in [-0.39, 0.29) is 29.4 Å².